The summed E-state index contributed by atoms with van der Waals surface area (Å²) >= 11 is 0. The van der Waals surface area contributed by atoms with Gasteiger partial charge in [0.05, 0.1) is 0 Å². The van der Waals surface area contributed by atoms with E-state index in [1.165, 1.54) is 250 Å². The third kappa shape index (κ3) is 55.7. The van der Waals surface area contributed by atoms with Crippen LogP contribution in [-0.2, 0) is 28.6 Å². The van der Waals surface area contributed by atoms with Gasteiger partial charge in [0.15, 0.2) is 6.10 Å². The van der Waals surface area contributed by atoms with Crippen LogP contribution in [0.1, 0.15) is 362 Å². The Balaban J connectivity index is 4.29. The van der Waals surface area contributed by atoms with Gasteiger partial charge in [0.2, 0.25) is 0 Å². The number of carbonyl (C=O) groups is 3. The molecule has 0 bridgehead atoms. The fourth-order valence-corrected chi connectivity index (χ4v) is 9.90. The fourth-order valence-electron chi connectivity index (χ4n) is 9.90. The summed E-state index contributed by atoms with van der Waals surface area (Å²) in [4.78, 5) is 38.3. The van der Waals surface area contributed by atoms with Gasteiger partial charge < -0.3 is 14.2 Å². The van der Waals surface area contributed by atoms with E-state index in [0.717, 1.165) is 69.6 Å². The van der Waals surface area contributed by atoms with Crippen molar-refractivity contribution in [3.05, 3.63) is 0 Å². The molecule has 0 fully saturated rings. The molecule has 0 amide bonds. The Morgan fingerprint density at radius 3 is 0.814 bits per heavy atom. The van der Waals surface area contributed by atoms with Crippen LogP contribution in [0.3, 0.4) is 0 Å². The van der Waals surface area contributed by atoms with Gasteiger partial charge in [-0.2, -0.15) is 0 Å². The van der Waals surface area contributed by atoms with E-state index in [9.17, 15) is 14.4 Å². The average molecular weight is 990 g/mol. The zero-order valence-electron chi connectivity index (χ0n) is 48.2. The predicted molar refractivity (Wildman–Crippen MR) is 303 cm³/mol. The Kier molecular flexibility index (Phi) is 55.4. The van der Waals surface area contributed by atoms with E-state index in [0.29, 0.717) is 19.3 Å². The molecule has 0 aliphatic carbocycles. The summed E-state index contributed by atoms with van der Waals surface area (Å²) in [5, 5.41) is 0. The van der Waals surface area contributed by atoms with E-state index < -0.39 is 6.10 Å². The van der Waals surface area contributed by atoms with Gasteiger partial charge in [-0.3, -0.25) is 14.4 Å². The number of hydrogen-bond acceptors (Lipinski definition) is 6. The van der Waals surface area contributed by atoms with Crippen molar-refractivity contribution in [1.82, 2.24) is 0 Å². The number of carbonyl (C=O) groups excluding carboxylic acids is 3. The monoisotopic (exact) mass is 989 g/mol. The molecule has 0 aliphatic heterocycles. The summed E-state index contributed by atoms with van der Waals surface area (Å²) in [6.07, 6.45) is 62.3. The highest BCUT2D eigenvalue weighted by molar-refractivity contribution is 5.71. The standard InChI is InChI=1S/C64H124O6/c1-6-8-9-10-11-12-13-14-15-18-26-31-36-41-46-51-56-64(67)70-61(57-68-62(65)54-49-44-39-34-29-24-19-16-17-22-27-32-37-42-47-52-59(3)4)58-69-63(66)55-50-45-40-35-30-25-21-20-23-28-33-38-43-48-53-60(5)7-2/h59-61H,6-58H2,1-5H3/t60?,61-/m1/s1. The molecule has 0 N–H and O–H groups in total. The van der Waals surface area contributed by atoms with E-state index in [2.05, 4.69) is 34.6 Å². The first-order valence-electron chi connectivity index (χ1n) is 31.8. The summed E-state index contributed by atoms with van der Waals surface area (Å²) < 4.78 is 17.0. The molecule has 6 heteroatoms. The van der Waals surface area contributed by atoms with Gasteiger partial charge in [-0.05, 0) is 31.1 Å². The maximum atomic E-state index is 12.9. The second-order valence-corrected chi connectivity index (χ2v) is 22.8. The maximum absolute atomic E-state index is 12.9. The van der Waals surface area contributed by atoms with E-state index in [1.54, 1.807) is 0 Å². The van der Waals surface area contributed by atoms with E-state index in [1.807, 2.05) is 0 Å². The van der Waals surface area contributed by atoms with Crippen molar-refractivity contribution in [2.24, 2.45) is 11.8 Å². The summed E-state index contributed by atoms with van der Waals surface area (Å²) in [6, 6.07) is 0. The molecule has 2 atom stereocenters. The molecule has 0 aromatic carbocycles. The molecular formula is C64H124O6. The molecule has 0 saturated heterocycles. The Hall–Kier alpha value is -1.59. The minimum Gasteiger partial charge on any atom is -0.462 e. The number of hydrogen-bond donors (Lipinski definition) is 0. The van der Waals surface area contributed by atoms with Crippen molar-refractivity contribution in [3.8, 4) is 0 Å². The van der Waals surface area contributed by atoms with Crippen LogP contribution in [0, 0.1) is 11.8 Å². The minimum absolute atomic E-state index is 0.0619. The molecule has 6 nitrogen and oxygen atoms in total. The predicted octanol–water partition coefficient (Wildman–Crippen LogP) is 21.2. The first kappa shape index (κ1) is 68.4. The molecule has 0 radical (unpaired) electrons. The highest BCUT2D eigenvalue weighted by atomic mass is 16.6. The van der Waals surface area contributed by atoms with Crippen molar-refractivity contribution in [1.29, 1.82) is 0 Å². The smallest absolute Gasteiger partial charge is 0.306 e. The van der Waals surface area contributed by atoms with Gasteiger partial charge >= 0.3 is 17.9 Å². The van der Waals surface area contributed by atoms with Crippen LogP contribution < -0.4 is 0 Å². The van der Waals surface area contributed by atoms with Crippen LogP contribution in [0.4, 0.5) is 0 Å². The largest absolute Gasteiger partial charge is 0.462 e. The van der Waals surface area contributed by atoms with Gasteiger partial charge in [0, 0.05) is 19.3 Å². The highest BCUT2D eigenvalue weighted by Gasteiger charge is 2.19. The van der Waals surface area contributed by atoms with Crippen LogP contribution in [-0.4, -0.2) is 37.2 Å². The zero-order valence-corrected chi connectivity index (χ0v) is 48.2. The second-order valence-electron chi connectivity index (χ2n) is 22.8. The molecule has 0 rings (SSSR count). The average Bonchev–Trinajstić information content (AvgIpc) is 3.35. The summed E-state index contributed by atoms with van der Waals surface area (Å²) in [6.45, 7) is 11.5. The molecule has 1 unspecified atom stereocenters. The number of unbranched alkanes of at least 4 members (excludes halogenated alkanes) is 42. The molecule has 0 saturated carbocycles. The molecule has 70 heavy (non-hydrogen) atoms. The lowest BCUT2D eigenvalue weighted by molar-refractivity contribution is -0.167. The molecule has 0 aliphatic rings. The highest BCUT2D eigenvalue weighted by Crippen LogP contribution is 2.19. The summed E-state index contributed by atoms with van der Waals surface area (Å²) in [5.74, 6) is 0.914. The van der Waals surface area contributed by atoms with Crippen molar-refractivity contribution in [3.63, 3.8) is 0 Å². The molecule has 416 valence electrons. The van der Waals surface area contributed by atoms with Gasteiger partial charge in [0.25, 0.3) is 0 Å². The van der Waals surface area contributed by atoms with Crippen LogP contribution in [0.2, 0.25) is 0 Å². The van der Waals surface area contributed by atoms with Crippen LogP contribution in [0.5, 0.6) is 0 Å². The lowest BCUT2D eigenvalue weighted by Crippen LogP contribution is -2.30. The van der Waals surface area contributed by atoms with Gasteiger partial charge in [-0.25, -0.2) is 0 Å². The molecule has 0 heterocycles. The zero-order chi connectivity index (χ0) is 51.1. The van der Waals surface area contributed by atoms with Crippen LogP contribution in [0.15, 0.2) is 0 Å². The van der Waals surface area contributed by atoms with Crippen molar-refractivity contribution in [2.45, 2.75) is 368 Å². The first-order valence-corrected chi connectivity index (χ1v) is 31.8. The minimum atomic E-state index is -0.763. The number of rotatable bonds is 58. The Morgan fingerprint density at radius 1 is 0.300 bits per heavy atom. The lowest BCUT2D eigenvalue weighted by atomic mass is 9.99. The maximum Gasteiger partial charge on any atom is 0.306 e. The van der Waals surface area contributed by atoms with E-state index in [-0.39, 0.29) is 31.1 Å². The molecule has 0 spiro atoms. The van der Waals surface area contributed by atoms with Crippen molar-refractivity contribution in [2.75, 3.05) is 13.2 Å². The SMILES string of the molecule is CCCCCCCCCCCCCCCCCCC(=O)O[C@H](COC(=O)CCCCCCCCCCCCCCCCCC(C)C)COC(=O)CCCCCCCCCCCCCCCCC(C)CC. The first-order chi connectivity index (χ1) is 34.3. The molecule has 0 aromatic heterocycles. The Bertz CT molecular complexity index is 1070. The summed E-state index contributed by atoms with van der Waals surface area (Å²) in [7, 11) is 0. The van der Waals surface area contributed by atoms with Crippen LogP contribution >= 0.6 is 0 Å². The number of esters is 3. The molecule has 0 aromatic rings. The Labute approximate surface area is 438 Å². The van der Waals surface area contributed by atoms with E-state index >= 15 is 0 Å². The quantitative estimate of drug-likeness (QED) is 0.0343. The topological polar surface area (TPSA) is 78.9 Å². The van der Waals surface area contributed by atoms with Gasteiger partial charge in [0.1, 0.15) is 13.2 Å². The third-order valence-corrected chi connectivity index (χ3v) is 15.1. The normalized spacial score (nSPS) is 12.4. The Morgan fingerprint density at radius 2 is 0.543 bits per heavy atom. The lowest BCUT2D eigenvalue weighted by Gasteiger charge is -2.18. The summed E-state index contributed by atoms with van der Waals surface area (Å²) in [5.41, 5.74) is 0. The van der Waals surface area contributed by atoms with Crippen molar-refractivity contribution >= 4 is 17.9 Å². The number of ether oxygens (including phenoxy) is 3. The van der Waals surface area contributed by atoms with E-state index in [4.69, 9.17) is 14.2 Å². The molecular weight excluding hydrogens is 865 g/mol. The van der Waals surface area contributed by atoms with Crippen LogP contribution in [0.25, 0.3) is 0 Å². The van der Waals surface area contributed by atoms with Crippen molar-refractivity contribution < 1.29 is 28.6 Å². The van der Waals surface area contributed by atoms with Gasteiger partial charge in [-0.1, -0.05) is 324 Å². The second kappa shape index (κ2) is 56.7. The fraction of sp³-hybridized carbons (Fsp3) is 0.953. The third-order valence-electron chi connectivity index (χ3n) is 15.1. The van der Waals surface area contributed by atoms with Gasteiger partial charge in [-0.15, -0.1) is 0 Å².